The maximum atomic E-state index is 12.9. The Labute approximate surface area is 197 Å². The molecule has 2 aliphatic rings. The molecular formula is C24H26N6O2S. The summed E-state index contributed by atoms with van der Waals surface area (Å²) in [6.07, 6.45) is 0.765. The number of hydrazone groups is 1. The highest BCUT2D eigenvalue weighted by Crippen LogP contribution is 2.29. The lowest BCUT2D eigenvalue weighted by Crippen LogP contribution is -2.38. The Hall–Kier alpha value is -3.17. The van der Waals surface area contributed by atoms with E-state index in [-0.39, 0.29) is 11.7 Å². The summed E-state index contributed by atoms with van der Waals surface area (Å²) in [5, 5.41) is 15.8. The number of aryl methyl sites for hydroxylation is 1. The lowest BCUT2D eigenvalue weighted by molar-refractivity contribution is -0.127. The molecule has 1 fully saturated rings. The normalized spacial score (nSPS) is 16.2. The van der Waals surface area contributed by atoms with Crippen LogP contribution in [-0.4, -0.2) is 70.0 Å². The third-order valence-corrected chi connectivity index (χ3v) is 6.70. The molecule has 0 aliphatic carbocycles. The van der Waals surface area contributed by atoms with E-state index in [1.54, 1.807) is 5.01 Å². The van der Waals surface area contributed by atoms with Crippen molar-refractivity contribution in [1.82, 2.24) is 19.8 Å². The van der Waals surface area contributed by atoms with Gasteiger partial charge in [0.25, 0.3) is 5.91 Å². The molecule has 0 saturated carbocycles. The van der Waals surface area contributed by atoms with Crippen LogP contribution in [0, 0.1) is 6.92 Å². The van der Waals surface area contributed by atoms with Crippen molar-refractivity contribution in [1.29, 1.82) is 0 Å². The van der Waals surface area contributed by atoms with Gasteiger partial charge in [-0.25, -0.2) is 5.01 Å². The first-order chi connectivity index (χ1) is 16.2. The van der Waals surface area contributed by atoms with E-state index in [0.29, 0.717) is 24.9 Å². The molecule has 3 aromatic rings. The summed E-state index contributed by atoms with van der Waals surface area (Å²) in [5.41, 5.74) is 4.16. The molecule has 0 spiro atoms. The van der Waals surface area contributed by atoms with Gasteiger partial charge in [0.15, 0.2) is 5.16 Å². The summed E-state index contributed by atoms with van der Waals surface area (Å²) in [6.45, 7) is 5.53. The summed E-state index contributed by atoms with van der Waals surface area (Å²) in [7, 11) is 0. The second kappa shape index (κ2) is 9.76. The van der Waals surface area contributed by atoms with Crippen molar-refractivity contribution in [2.75, 3.05) is 43.5 Å². The first-order valence-electron chi connectivity index (χ1n) is 11.1. The zero-order valence-electron chi connectivity index (χ0n) is 18.6. The second-order valence-corrected chi connectivity index (χ2v) is 8.91. The number of carbonyl (C=O) groups excluding carboxylic acids is 1. The fraction of sp³-hybridized carbons (Fsp3) is 0.333. The molecule has 0 N–H and O–H groups in total. The minimum Gasteiger partial charge on any atom is -0.378 e. The predicted octanol–water partition coefficient (Wildman–Crippen LogP) is 3.14. The molecule has 0 radical (unpaired) electrons. The number of benzene rings is 2. The third-order valence-electron chi connectivity index (χ3n) is 5.79. The van der Waals surface area contributed by atoms with Gasteiger partial charge in [0.2, 0.25) is 5.95 Å². The van der Waals surface area contributed by atoms with Crippen molar-refractivity contribution in [3.63, 3.8) is 0 Å². The number of hydrogen-bond acceptors (Lipinski definition) is 7. The second-order valence-electron chi connectivity index (χ2n) is 7.97. The average molecular weight is 463 g/mol. The van der Waals surface area contributed by atoms with Crippen LogP contribution in [-0.2, 0) is 9.53 Å². The molecule has 2 aliphatic heterocycles. The van der Waals surface area contributed by atoms with Gasteiger partial charge in [-0.05, 0) is 24.1 Å². The maximum absolute atomic E-state index is 12.9. The number of ether oxygens (including phenoxy) is 1. The van der Waals surface area contributed by atoms with E-state index in [4.69, 9.17) is 4.74 Å². The van der Waals surface area contributed by atoms with Crippen molar-refractivity contribution in [3.05, 3.63) is 65.7 Å². The quantitative estimate of drug-likeness (QED) is 0.524. The number of carbonyl (C=O) groups is 1. The fourth-order valence-electron chi connectivity index (χ4n) is 4.02. The first kappa shape index (κ1) is 21.7. The Kier molecular flexibility index (Phi) is 6.41. The fourth-order valence-corrected chi connectivity index (χ4v) is 4.83. The zero-order chi connectivity index (χ0) is 22.6. The molecule has 33 heavy (non-hydrogen) atoms. The number of anilines is 1. The van der Waals surface area contributed by atoms with Crippen molar-refractivity contribution in [2.24, 2.45) is 5.10 Å². The van der Waals surface area contributed by atoms with Crippen LogP contribution in [0.3, 0.4) is 0 Å². The van der Waals surface area contributed by atoms with Crippen LogP contribution in [0.4, 0.5) is 5.95 Å². The number of rotatable bonds is 6. The standard InChI is InChI=1S/C24H26N6O2S/c1-18-7-5-6-10-21(18)30-23(28-13-15-32-16-14-28)25-26-24(30)33-17-22(31)29-12-11-20(27-29)19-8-3-2-4-9-19/h2-10H,11-17H2,1H3. The molecular weight excluding hydrogens is 436 g/mol. The van der Waals surface area contributed by atoms with Gasteiger partial charge in [-0.15, -0.1) is 10.2 Å². The van der Waals surface area contributed by atoms with Gasteiger partial charge in [-0.2, -0.15) is 5.10 Å². The Morgan fingerprint density at radius 2 is 1.76 bits per heavy atom. The Balaban J connectivity index is 1.35. The topological polar surface area (TPSA) is 75.9 Å². The van der Waals surface area contributed by atoms with Gasteiger partial charge >= 0.3 is 0 Å². The molecule has 1 aromatic heterocycles. The lowest BCUT2D eigenvalue weighted by Gasteiger charge is -2.28. The predicted molar refractivity (Wildman–Crippen MR) is 129 cm³/mol. The molecule has 1 amide bonds. The summed E-state index contributed by atoms with van der Waals surface area (Å²) in [4.78, 5) is 15.1. The number of aromatic nitrogens is 3. The molecule has 0 atom stereocenters. The molecule has 170 valence electrons. The van der Waals surface area contributed by atoms with E-state index in [1.807, 2.05) is 42.5 Å². The summed E-state index contributed by atoms with van der Waals surface area (Å²) in [5.74, 6) is 1.00. The van der Waals surface area contributed by atoms with Crippen LogP contribution < -0.4 is 4.90 Å². The van der Waals surface area contributed by atoms with Gasteiger partial charge < -0.3 is 9.64 Å². The van der Waals surface area contributed by atoms with E-state index in [2.05, 4.69) is 43.8 Å². The SMILES string of the molecule is Cc1ccccc1-n1c(SCC(=O)N2CCC(c3ccccc3)=N2)nnc1N1CCOCC1. The van der Waals surface area contributed by atoms with E-state index in [0.717, 1.165) is 48.0 Å². The van der Waals surface area contributed by atoms with Gasteiger partial charge in [0, 0.05) is 19.5 Å². The lowest BCUT2D eigenvalue weighted by atomic mass is 10.1. The number of nitrogens with zero attached hydrogens (tertiary/aromatic N) is 6. The van der Waals surface area contributed by atoms with Gasteiger partial charge in [-0.1, -0.05) is 60.3 Å². The summed E-state index contributed by atoms with van der Waals surface area (Å²) >= 11 is 1.40. The van der Waals surface area contributed by atoms with Crippen LogP contribution >= 0.6 is 11.8 Å². The van der Waals surface area contributed by atoms with Crippen molar-refractivity contribution in [2.45, 2.75) is 18.5 Å². The number of para-hydroxylation sites is 1. The molecule has 1 saturated heterocycles. The Morgan fingerprint density at radius 1 is 1.00 bits per heavy atom. The average Bonchev–Trinajstić information content (AvgIpc) is 3.52. The number of thioether (sulfide) groups is 1. The van der Waals surface area contributed by atoms with E-state index in [1.165, 1.54) is 11.8 Å². The molecule has 8 nitrogen and oxygen atoms in total. The van der Waals surface area contributed by atoms with Crippen LogP contribution in [0.15, 0.2) is 64.9 Å². The smallest absolute Gasteiger partial charge is 0.253 e. The first-order valence-corrected chi connectivity index (χ1v) is 12.1. The molecule has 9 heteroatoms. The number of morpholine rings is 1. The highest BCUT2D eigenvalue weighted by molar-refractivity contribution is 7.99. The van der Waals surface area contributed by atoms with Crippen molar-refractivity contribution in [3.8, 4) is 5.69 Å². The zero-order valence-corrected chi connectivity index (χ0v) is 19.4. The number of amides is 1. The minimum atomic E-state index is -0.0295. The molecule has 0 bridgehead atoms. The molecule has 5 rings (SSSR count). The van der Waals surface area contributed by atoms with Gasteiger partial charge in [-0.3, -0.25) is 9.36 Å². The van der Waals surface area contributed by atoms with E-state index in [9.17, 15) is 4.79 Å². The van der Waals surface area contributed by atoms with Crippen LogP contribution in [0.5, 0.6) is 0 Å². The minimum absolute atomic E-state index is 0.0295. The van der Waals surface area contributed by atoms with Crippen molar-refractivity contribution < 1.29 is 9.53 Å². The van der Waals surface area contributed by atoms with E-state index >= 15 is 0 Å². The number of hydrogen-bond donors (Lipinski definition) is 0. The maximum Gasteiger partial charge on any atom is 0.253 e. The third kappa shape index (κ3) is 4.65. The molecule has 2 aromatic carbocycles. The van der Waals surface area contributed by atoms with Crippen LogP contribution in [0.25, 0.3) is 5.69 Å². The van der Waals surface area contributed by atoms with Crippen LogP contribution in [0.1, 0.15) is 17.5 Å². The van der Waals surface area contributed by atoms with Crippen LogP contribution in [0.2, 0.25) is 0 Å². The van der Waals surface area contributed by atoms with Gasteiger partial charge in [0.1, 0.15) is 0 Å². The van der Waals surface area contributed by atoms with E-state index < -0.39 is 0 Å². The molecule has 3 heterocycles. The monoisotopic (exact) mass is 462 g/mol. The highest BCUT2D eigenvalue weighted by atomic mass is 32.2. The summed E-state index contributed by atoms with van der Waals surface area (Å²) < 4.78 is 7.56. The molecule has 0 unspecified atom stereocenters. The summed E-state index contributed by atoms with van der Waals surface area (Å²) in [6, 6.07) is 18.2. The highest BCUT2D eigenvalue weighted by Gasteiger charge is 2.25. The Bertz CT molecular complexity index is 1160. The Morgan fingerprint density at radius 3 is 2.55 bits per heavy atom. The van der Waals surface area contributed by atoms with Crippen molar-refractivity contribution >= 4 is 29.3 Å². The van der Waals surface area contributed by atoms with Gasteiger partial charge in [0.05, 0.1) is 36.9 Å². The largest absolute Gasteiger partial charge is 0.378 e.